The van der Waals surface area contributed by atoms with E-state index in [1.165, 1.54) is 5.56 Å². The summed E-state index contributed by atoms with van der Waals surface area (Å²) in [5.41, 5.74) is 3.46. The summed E-state index contributed by atoms with van der Waals surface area (Å²) in [6.07, 6.45) is 8.62. The van der Waals surface area contributed by atoms with Gasteiger partial charge in [0.05, 0.1) is 11.9 Å². The van der Waals surface area contributed by atoms with Crippen LogP contribution in [0.25, 0.3) is 5.69 Å². The number of para-hydroxylation sites is 1. The van der Waals surface area contributed by atoms with Gasteiger partial charge in [-0.25, -0.2) is 9.67 Å². The van der Waals surface area contributed by atoms with Crippen molar-refractivity contribution in [2.24, 2.45) is 0 Å². The number of halogens is 1. The lowest BCUT2D eigenvalue weighted by atomic mass is 10.2. The molecule has 2 aromatic carbocycles. The number of rotatable bonds is 5. The first-order valence-electron chi connectivity index (χ1n) is 8.11. The molecule has 0 fully saturated rings. The number of nitrogens with zero attached hydrogens (tertiary/aromatic N) is 4. The van der Waals surface area contributed by atoms with Crippen molar-refractivity contribution >= 4 is 15.9 Å². The fourth-order valence-electron chi connectivity index (χ4n) is 2.79. The van der Waals surface area contributed by atoms with Gasteiger partial charge in [-0.3, -0.25) is 0 Å². The topological polar surface area (TPSA) is 35.6 Å². The molecule has 4 nitrogen and oxygen atoms in total. The lowest BCUT2D eigenvalue weighted by Gasteiger charge is -2.07. The van der Waals surface area contributed by atoms with E-state index >= 15 is 0 Å². The van der Waals surface area contributed by atoms with Gasteiger partial charge in [-0.05, 0) is 35.4 Å². The normalized spacial score (nSPS) is 10.9. The predicted molar refractivity (Wildman–Crippen MR) is 102 cm³/mol. The minimum absolute atomic E-state index is 0.760. The molecule has 5 heteroatoms. The summed E-state index contributed by atoms with van der Waals surface area (Å²) < 4.78 is 5.18. The van der Waals surface area contributed by atoms with Crippen LogP contribution in [0.4, 0.5) is 0 Å². The van der Waals surface area contributed by atoms with Gasteiger partial charge in [0.15, 0.2) is 0 Å². The Bertz CT molecular complexity index is 955. The average molecular weight is 393 g/mol. The fourth-order valence-corrected chi connectivity index (χ4v) is 3.06. The first-order valence-corrected chi connectivity index (χ1v) is 8.91. The third kappa shape index (κ3) is 3.72. The lowest BCUT2D eigenvalue weighted by Crippen LogP contribution is -2.04. The molecule has 2 aromatic heterocycles. The Balaban J connectivity index is 1.51. The molecule has 0 atom stereocenters. The van der Waals surface area contributed by atoms with E-state index in [1.807, 2.05) is 53.6 Å². The lowest BCUT2D eigenvalue weighted by molar-refractivity contribution is 0.740. The molecular weight excluding hydrogens is 376 g/mol. The molecule has 0 bridgehead atoms. The summed E-state index contributed by atoms with van der Waals surface area (Å²) in [4.78, 5) is 4.52. The Morgan fingerprint density at radius 2 is 1.72 bits per heavy atom. The van der Waals surface area contributed by atoms with Gasteiger partial charge in [0.2, 0.25) is 0 Å². The van der Waals surface area contributed by atoms with Gasteiger partial charge >= 0.3 is 0 Å². The highest BCUT2D eigenvalue weighted by molar-refractivity contribution is 9.10. The van der Waals surface area contributed by atoms with Crippen LogP contribution < -0.4 is 0 Å². The molecule has 0 saturated heterocycles. The van der Waals surface area contributed by atoms with Crippen molar-refractivity contribution in [3.63, 3.8) is 0 Å². The Kier molecular flexibility index (Phi) is 4.48. The van der Waals surface area contributed by atoms with Crippen molar-refractivity contribution in [3.05, 3.63) is 101 Å². The molecule has 2 heterocycles. The van der Waals surface area contributed by atoms with Gasteiger partial charge in [-0.1, -0.05) is 46.3 Å². The van der Waals surface area contributed by atoms with Crippen LogP contribution in [0.5, 0.6) is 0 Å². The van der Waals surface area contributed by atoms with E-state index in [-0.39, 0.29) is 0 Å². The van der Waals surface area contributed by atoms with Gasteiger partial charge in [0.1, 0.15) is 5.82 Å². The van der Waals surface area contributed by atoms with Gasteiger partial charge in [0, 0.05) is 36.0 Å². The summed E-state index contributed by atoms with van der Waals surface area (Å²) in [6, 6.07) is 18.5. The predicted octanol–water partition coefficient (Wildman–Crippen LogP) is 4.47. The monoisotopic (exact) mass is 392 g/mol. The Morgan fingerprint density at radius 1 is 0.920 bits per heavy atom. The van der Waals surface area contributed by atoms with Crippen LogP contribution in [-0.2, 0) is 13.0 Å². The van der Waals surface area contributed by atoms with Crippen molar-refractivity contribution in [1.29, 1.82) is 0 Å². The largest absolute Gasteiger partial charge is 0.330 e. The van der Waals surface area contributed by atoms with E-state index in [0.717, 1.165) is 34.5 Å². The highest BCUT2D eigenvalue weighted by Gasteiger charge is 2.08. The minimum atomic E-state index is 0.760. The molecule has 0 spiro atoms. The van der Waals surface area contributed by atoms with Crippen LogP contribution in [0.1, 0.15) is 17.0 Å². The van der Waals surface area contributed by atoms with E-state index < -0.39 is 0 Å². The summed E-state index contributed by atoms with van der Waals surface area (Å²) in [5.74, 6) is 1.04. The van der Waals surface area contributed by atoms with Crippen LogP contribution >= 0.6 is 15.9 Å². The molecule has 0 amide bonds. The first-order chi connectivity index (χ1) is 12.3. The van der Waals surface area contributed by atoms with E-state index in [9.17, 15) is 0 Å². The zero-order valence-electron chi connectivity index (χ0n) is 13.6. The summed E-state index contributed by atoms with van der Waals surface area (Å²) in [5, 5.41) is 4.46. The van der Waals surface area contributed by atoms with E-state index in [4.69, 9.17) is 0 Å². The van der Waals surface area contributed by atoms with Crippen molar-refractivity contribution in [2.45, 2.75) is 13.0 Å². The first kappa shape index (κ1) is 15.8. The molecule has 0 aliphatic heterocycles. The van der Waals surface area contributed by atoms with Gasteiger partial charge in [0.25, 0.3) is 0 Å². The van der Waals surface area contributed by atoms with Crippen molar-refractivity contribution in [3.8, 4) is 5.69 Å². The second kappa shape index (κ2) is 7.07. The molecule has 0 aliphatic carbocycles. The third-order valence-electron chi connectivity index (χ3n) is 4.09. The SMILES string of the molecule is Brc1ccc(Cn2ccnc2Cc2cnn(-c3ccccc3)c2)cc1. The molecule has 0 radical (unpaired) electrons. The van der Waals surface area contributed by atoms with Crippen molar-refractivity contribution in [1.82, 2.24) is 19.3 Å². The molecule has 25 heavy (non-hydrogen) atoms. The molecular formula is C20H17BrN4. The standard InChI is InChI=1S/C20H17BrN4/c21-18-8-6-16(7-9-18)14-24-11-10-22-20(24)12-17-13-23-25(15-17)19-4-2-1-3-5-19/h1-11,13,15H,12,14H2. The van der Waals surface area contributed by atoms with Crippen LogP contribution in [0.2, 0.25) is 0 Å². The number of imidazole rings is 1. The number of hydrogen-bond donors (Lipinski definition) is 0. The third-order valence-corrected chi connectivity index (χ3v) is 4.62. The van der Waals surface area contributed by atoms with Crippen molar-refractivity contribution in [2.75, 3.05) is 0 Å². The molecule has 124 valence electrons. The van der Waals surface area contributed by atoms with E-state index in [0.29, 0.717) is 0 Å². The smallest absolute Gasteiger partial charge is 0.113 e. The zero-order valence-corrected chi connectivity index (χ0v) is 15.2. The highest BCUT2D eigenvalue weighted by atomic mass is 79.9. The summed E-state index contributed by atoms with van der Waals surface area (Å²) in [6.45, 7) is 0.815. The van der Waals surface area contributed by atoms with Crippen LogP contribution in [-0.4, -0.2) is 19.3 Å². The van der Waals surface area contributed by atoms with Gasteiger partial charge in [-0.2, -0.15) is 5.10 Å². The average Bonchev–Trinajstić information content (AvgIpc) is 3.28. The van der Waals surface area contributed by atoms with Gasteiger partial charge < -0.3 is 4.57 Å². The Hall–Kier alpha value is -2.66. The number of aromatic nitrogens is 4. The summed E-state index contributed by atoms with van der Waals surface area (Å²) >= 11 is 3.48. The minimum Gasteiger partial charge on any atom is -0.330 e. The molecule has 0 aliphatic rings. The van der Waals surface area contributed by atoms with Crippen molar-refractivity contribution < 1.29 is 0 Å². The second-order valence-electron chi connectivity index (χ2n) is 5.90. The maximum absolute atomic E-state index is 4.52. The molecule has 4 rings (SSSR count). The maximum Gasteiger partial charge on any atom is 0.113 e. The quantitative estimate of drug-likeness (QED) is 0.502. The number of hydrogen-bond acceptors (Lipinski definition) is 2. The van der Waals surface area contributed by atoms with Crippen LogP contribution in [0, 0.1) is 0 Å². The van der Waals surface area contributed by atoms with E-state index in [2.05, 4.69) is 61.0 Å². The Morgan fingerprint density at radius 3 is 2.52 bits per heavy atom. The fraction of sp³-hybridized carbons (Fsp3) is 0.100. The maximum atomic E-state index is 4.52. The number of benzene rings is 2. The molecule has 4 aromatic rings. The molecule has 0 saturated carbocycles. The highest BCUT2D eigenvalue weighted by Crippen LogP contribution is 2.15. The van der Waals surface area contributed by atoms with Crippen LogP contribution in [0.15, 0.2) is 83.9 Å². The van der Waals surface area contributed by atoms with E-state index in [1.54, 1.807) is 0 Å². The van der Waals surface area contributed by atoms with Gasteiger partial charge in [-0.15, -0.1) is 0 Å². The molecule has 0 N–H and O–H groups in total. The second-order valence-corrected chi connectivity index (χ2v) is 6.82. The molecule has 0 unspecified atom stereocenters. The van der Waals surface area contributed by atoms with Crippen LogP contribution in [0.3, 0.4) is 0 Å². The zero-order chi connectivity index (χ0) is 17.1. The summed E-state index contributed by atoms with van der Waals surface area (Å²) in [7, 11) is 0. The Labute approximate surface area is 154 Å².